The Morgan fingerprint density at radius 1 is 1.45 bits per heavy atom. The molecule has 64 valence electrons. The normalized spacial score (nSPS) is 24.9. The zero-order chi connectivity index (χ0) is 8.32. The van der Waals surface area contributed by atoms with Gasteiger partial charge in [0.05, 0.1) is 11.7 Å². The van der Waals surface area contributed by atoms with E-state index in [9.17, 15) is 10.2 Å². The lowest BCUT2D eigenvalue weighted by Gasteiger charge is -2.27. The highest BCUT2D eigenvalue weighted by Gasteiger charge is 2.37. The summed E-state index contributed by atoms with van der Waals surface area (Å²) in [6.07, 6.45) is 5.08. The molecular formula is C9H16O2. The van der Waals surface area contributed by atoms with Gasteiger partial charge < -0.3 is 10.2 Å². The van der Waals surface area contributed by atoms with Gasteiger partial charge in [-0.25, -0.2) is 0 Å². The summed E-state index contributed by atoms with van der Waals surface area (Å²) in [5.74, 6) is 0. The average Bonchev–Trinajstić information content (AvgIpc) is 2.38. The van der Waals surface area contributed by atoms with Crippen LogP contribution < -0.4 is 0 Å². The average molecular weight is 156 g/mol. The van der Waals surface area contributed by atoms with Gasteiger partial charge in [0, 0.05) is 0 Å². The summed E-state index contributed by atoms with van der Waals surface area (Å²) in [6.45, 7) is 3.53. The molecule has 2 nitrogen and oxygen atoms in total. The summed E-state index contributed by atoms with van der Waals surface area (Å²) in [4.78, 5) is 0. The Morgan fingerprint density at radius 3 is 2.45 bits per heavy atom. The maximum Gasteiger partial charge on any atom is 0.0908 e. The number of hydrogen-bond acceptors (Lipinski definition) is 2. The molecule has 0 spiro atoms. The number of rotatable bonds is 3. The Labute approximate surface area is 67.6 Å². The smallest absolute Gasteiger partial charge is 0.0908 e. The third-order valence-electron chi connectivity index (χ3n) is 2.48. The Hall–Kier alpha value is -0.340. The van der Waals surface area contributed by atoms with E-state index in [-0.39, 0.29) is 0 Å². The lowest BCUT2D eigenvalue weighted by atomic mass is 9.93. The molecule has 1 atom stereocenters. The summed E-state index contributed by atoms with van der Waals surface area (Å²) in [5.41, 5.74) is -0.811. The molecule has 0 saturated heterocycles. The second-order valence-electron chi connectivity index (χ2n) is 3.35. The molecule has 0 heterocycles. The zero-order valence-electron chi connectivity index (χ0n) is 6.79. The van der Waals surface area contributed by atoms with Gasteiger partial charge in [0.1, 0.15) is 0 Å². The first-order chi connectivity index (χ1) is 5.19. The van der Waals surface area contributed by atoms with Gasteiger partial charge in [0.25, 0.3) is 0 Å². The van der Waals surface area contributed by atoms with E-state index in [2.05, 4.69) is 6.58 Å². The Kier molecular flexibility index (Phi) is 2.68. The fourth-order valence-electron chi connectivity index (χ4n) is 1.70. The van der Waals surface area contributed by atoms with Gasteiger partial charge in [0.15, 0.2) is 0 Å². The molecule has 1 rings (SSSR count). The fourth-order valence-corrected chi connectivity index (χ4v) is 1.70. The van der Waals surface area contributed by atoms with Gasteiger partial charge >= 0.3 is 0 Å². The van der Waals surface area contributed by atoms with Crippen LogP contribution in [0, 0.1) is 0 Å². The van der Waals surface area contributed by atoms with Crippen LogP contribution in [-0.2, 0) is 0 Å². The highest BCUT2D eigenvalue weighted by molar-refractivity contribution is 4.93. The highest BCUT2D eigenvalue weighted by Crippen LogP contribution is 2.33. The van der Waals surface area contributed by atoms with Crippen LogP contribution >= 0.6 is 0 Å². The topological polar surface area (TPSA) is 40.5 Å². The van der Waals surface area contributed by atoms with E-state index in [1.165, 1.54) is 0 Å². The molecule has 1 aliphatic carbocycles. The van der Waals surface area contributed by atoms with Crippen LogP contribution in [0.25, 0.3) is 0 Å². The summed E-state index contributed by atoms with van der Waals surface area (Å²) < 4.78 is 0. The maximum absolute atomic E-state index is 9.79. The summed E-state index contributed by atoms with van der Waals surface area (Å²) in [6, 6.07) is 0. The van der Waals surface area contributed by atoms with Gasteiger partial charge in [-0.3, -0.25) is 0 Å². The highest BCUT2D eigenvalue weighted by atomic mass is 16.3. The first kappa shape index (κ1) is 8.75. The molecule has 1 aliphatic rings. The zero-order valence-corrected chi connectivity index (χ0v) is 6.79. The first-order valence-corrected chi connectivity index (χ1v) is 4.20. The third-order valence-corrected chi connectivity index (χ3v) is 2.48. The van der Waals surface area contributed by atoms with E-state index in [1.54, 1.807) is 6.08 Å². The van der Waals surface area contributed by atoms with Crippen molar-refractivity contribution >= 4 is 0 Å². The minimum absolute atomic E-state index is 0.497. The van der Waals surface area contributed by atoms with Crippen molar-refractivity contribution in [3.05, 3.63) is 12.7 Å². The lowest BCUT2D eigenvalue weighted by Crippen LogP contribution is -2.38. The number of aliphatic hydroxyl groups excluding tert-OH is 1. The number of hydrogen-bond donors (Lipinski definition) is 2. The van der Waals surface area contributed by atoms with E-state index in [0.717, 1.165) is 25.7 Å². The standard InChI is InChI=1S/C9H16O2/c1-2-5-8(10)9(11)6-3-4-7-9/h2,8,10-11H,1,3-7H2. The van der Waals surface area contributed by atoms with Crippen molar-refractivity contribution in [1.29, 1.82) is 0 Å². The third kappa shape index (κ3) is 1.82. The molecule has 1 saturated carbocycles. The van der Waals surface area contributed by atoms with Crippen LogP contribution in [0.1, 0.15) is 32.1 Å². The van der Waals surface area contributed by atoms with Gasteiger partial charge in [0.2, 0.25) is 0 Å². The first-order valence-electron chi connectivity index (χ1n) is 4.20. The molecule has 0 amide bonds. The fraction of sp³-hybridized carbons (Fsp3) is 0.778. The quantitative estimate of drug-likeness (QED) is 0.603. The van der Waals surface area contributed by atoms with Gasteiger partial charge in [-0.2, -0.15) is 0 Å². The van der Waals surface area contributed by atoms with Crippen LogP contribution in [0.5, 0.6) is 0 Å². The monoisotopic (exact) mass is 156 g/mol. The molecule has 0 aromatic rings. The van der Waals surface area contributed by atoms with Crippen molar-refractivity contribution < 1.29 is 10.2 Å². The van der Waals surface area contributed by atoms with Gasteiger partial charge in [-0.05, 0) is 19.3 Å². The minimum atomic E-state index is -0.811. The molecule has 1 unspecified atom stereocenters. The Morgan fingerprint density at radius 2 is 2.00 bits per heavy atom. The van der Waals surface area contributed by atoms with Crippen molar-refractivity contribution in [2.45, 2.75) is 43.8 Å². The van der Waals surface area contributed by atoms with Crippen LogP contribution in [-0.4, -0.2) is 21.9 Å². The van der Waals surface area contributed by atoms with E-state index in [4.69, 9.17) is 0 Å². The lowest BCUT2D eigenvalue weighted by molar-refractivity contribution is -0.0677. The van der Waals surface area contributed by atoms with Crippen molar-refractivity contribution in [2.75, 3.05) is 0 Å². The minimum Gasteiger partial charge on any atom is -0.390 e. The molecule has 0 radical (unpaired) electrons. The summed E-state index contributed by atoms with van der Waals surface area (Å²) in [7, 11) is 0. The van der Waals surface area contributed by atoms with Crippen molar-refractivity contribution in [3.63, 3.8) is 0 Å². The van der Waals surface area contributed by atoms with Crippen LogP contribution in [0.3, 0.4) is 0 Å². The van der Waals surface area contributed by atoms with E-state index >= 15 is 0 Å². The SMILES string of the molecule is C=CCC(O)C1(O)CCCC1. The number of aliphatic hydroxyl groups is 2. The van der Waals surface area contributed by atoms with Gasteiger partial charge in [-0.1, -0.05) is 18.9 Å². The molecule has 0 aliphatic heterocycles. The van der Waals surface area contributed by atoms with E-state index in [1.807, 2.05) is 0 Å². The molecule has 2 N–H and O–H groups in total. The van der Waals surface area contributed by atoms with Crippen molar-refractivity contribution in [3.8, 4) is 0 Å². The van der Waals surface area contributed by atoms with Crippen LogP contribution in [0.4, 0.5) is 0 Å². The molecule has 1 fully saturated rings. The molecular weight excluding hydrogens is 140 g/mol. The molecule has 2 heteroatoms. The molecule has 11 heavy (non-hydrogen) atoms. The molecule has 0 bridgehead atoms. The van der Waals surface area contributed by atoms with Crippen LogP contribution in [0.15, 0.2) is 12.7 Å². The summed E-state index contributed by atoms with van der Waals surface area (Å²) >= 11 is 0. The van der Waals surface area contributed by atoms with Crippen molar-refractivity contribution in [2.24, 2.45) is 0 Å². The maximum atomic E-state index is 9.79. The largest absolute Gasteiger partial charge is 0.390 e. The molecule has 0 aromatic heterocycles. The van der Waals surface area contributed by atoms with Gasteiger partial charge in [-0.15, -0.1) is 6.58 Å². The van der Waals surface area contributed by atoms with Crippen LogP contribution in [0.2, 0.25) is 0 Å². The molecule has 0 aromatic carbocycles. The summed E-state index contributed by atoms with van der Waals surface area (Å²) in [5, 5.41) is 19.3. The van der Waals surface area contributed by atoms with Crippen molar-refractivity contribution in [1.82, 2.24) is 0 Å². The Balaban J connectivity index is 2.48. The Bertz CT molecular complexity index is 136. The second-order valence-corrected chi connectivity index (χ2v) is 3.35. The second kappa shape index (κ2) is 3.37. The van der Waals surface area contributed by atoms with E-state index in [0.29, 0.717) is 6.42 Å². The predicted octanol–water partition coefficient (Wildman–Crippen LogP) is 1.23. The van der Waals surface area contributed by atoms with E-state index < -0.39 is 11.7 Å². The predicted molar refractivity (Wildman–Crippen MR) is 44.2 cm³/mol.